The van der Waals surface area contributed by atoms with Gasteiger partial charge < -0.3 is 5.32 Å². The molecule has 0 radical (unpaired) electrons. The molecule has 1 unspecified atom stereocenters. The van der Waals surface area contributed by atoms with E-state index in [1.807, 2.05) is 32.0 Å². The molecule has 0 aromatic heterocycles. The van der Waals surface area contributed by atoms with Crippen LogP contribution in [-0.4, -0.2) is 23.6 Å². The number of rotatable bonds is 6. The molecule has 1 fully saturated rings. The Labute approximate surface area is 185 Å². The Balaban J connectivity index is 2.07. The summed E-state index contributed by atoms with van der Waals surface area (Å²) in [6.07, 6.45) is 1.65. The second-order valence-electron chi connectivity index (χ2n) is 7.13. The predicted octanol–water partition coefficient (Wildman–Crippen LogP) is 4.17. The topological polar surface area (TPSA) is 73.2 Å². The fourth-order valence-corrected chi connectivity index (χ4v) is 4.50. The molecule has 1 aliphatic heterocycles. The van der Waals surface area contributed by atoms with Gasteiger partial charge in [-0.15, -0.1) is 6.58 Å². The van der Waals surface area contributed by atoms with Crippen LogP contribution >= 0.6 is 11.8 Å². The van der Waals surface area contributed by atoms with E-state index in [-0.39, 0.29) is 29.5 Å². The lowest BCUT2D eigenvalue weighted by Crippen LogP contribution is -2.32. The first-order chi connectivity index (χ1) is 14.9. The monoisotopic (exact) mass is 435 g/mol. The minimum absolute atomic E-state index is 0.147. The minimum Gasteiger partial charge on any atom is -0.348 e. The number of halogens is 1. The lowest BCUT2D eigenvalue weighted by atomic mass is 10.1. The normalized spacial score (nSPS) is 17.3. The Kier molecular flexibility index (Phi) is 6.93. The molecular weight excluding hydrogens is 413 g/mol. The van der Waals surface area contributed by atoms with E-state index in [0.29, 0.717) is 11.3 Å². The summed E-state index contributed by atoms with van der Waals surface area (Å²) in [4.78, 5) is 27.4. The van der Waals surface area contributed by atoms with E-state index in [0.717, 1.165) is 22.9 Å². The summed E-state index contributed by atoms with van der Waals surface area (Å²) < 4.78 is 14.2. The van der Waals surface area contributed by atoms with Gasteiger partial charge in [0.25, 0.3) is 5.91 Å². The Morgan fingerprint density at radius 1 is 1.29 bits per heavy atom. The molecule has 158 valence electrons. The molecule has 5 nitrogen and oxygen atoms in total. The van der Waals surface area contributed by atoms with Crippen molar-refractivity contribution < 1.29 is 14.0 Å². The van der Waals surface area contributed by atoms with Gasteiger partial charge in [0.2, 0.25) is 5.91 Å². The fourth-order valence-electron chi connectivity index (χ4n) is 3.20. The summed E-state index contributed by atoms with van der Waals surface area (Å²) in [6.45, 7) is 7.63. The molecule has 1 heterocycles. The lowest BCUT2D eigenvalue weighted by molar-refractivity contribution is -0.117. The van der Waals surface area contributed by atoms with Gasteiger partial charge in [-0.05, 0) is 55.2 Å². The average molecular weight is 436 g/mol. The van der Waals surface area contributed by atoms with Gasteiger partial charge in [-0.25, -0.2) is 4.39 Å². The van der Waals surface area contributed by atoms with Crippen LogP contribution in [0, 0.1) is 31.0 Å². The standard InChI is InChI=1S/C24H22FN3O2S/c1-4-11-27-22(29)19(14-26)24-28(18-10-9-15(2)16(3)12-18)23(30)21(31-24)13-17-7-5-6-8-20(17)25/h4-10,12,21H,1,11,13H2,2-3H3,(H,27,29)/b24-19-. The Morgan fingerprint density at radius 2 is 2.03 bits per heavy atom. The third kappa shape index (κ3) is 4.70. The first-order valence-corrected chi connectivity index (χ1v) is 10.6. The number of amides is 2. The van der Waals surface area contributed by atoms with Crippen molar-refractivity contribution in [2.24, 2.45) is 0 Å². The van der Waals surface area contributed by atoms with Crippen molar-refractivity contribution in [1.82, 2.24) is 5.32 Å². The van der Waals surface area contributed by atoms with E-state index < -0.39 is 17.0 Å². The SMILES string of the molecule is C=CCNC(=O)/C(C#N)=C1\SC(Cc2ccccc2F)C(=O)N1c1ccc(C)c(C)c1. The number of carbonyl (C=O) groups excluding carboxylic acids is 2. The second kappa shape index (κ2) is 9.63. The van der Waals surface area contributed by atoms with E-state index in [1.165, 1.54) is 17.0 Å². The zero-order valence-corrected chi connectivity index (χ0v) is 18.1. The first-order valence-electron chi connectivity index (χ1n) is 9.72. The van der Waals surface area contributed by atoms with Crippen molar-refractivity contribution >= 4 is 29.3 Å². The molecule has 0 spiro atoms. The summed E-state index contributed by atoms with van der Waals surface area (Å²) in [6, 6.07) is 13.7. The molecule has 7 heteroatoms. The van der Waals surface area contributed by atoms with Crippen LogP contribution in [0.2, 0.25) is 0 Å². The highest BCUT2D eigenvalue weighted by atomic mass is 32.2. The number of hydrogen-bond donors (Lipinski definition) is 1. The highest BCUT2D eigenvalue weighted by Gasteiger charge is 2.41. The molecule has 2 aromatic carbocycles. The quantitative estimate of drug-likeness (QED) is 0.420. The molecule has 1 N–H and O–H groups in total. The van der Waals surface area contributed by atoms with E-state index in [1.54, 1.807) is 24.3 Å². The van der Waals surface area contributed by atoms with E-state index in [4.69, 9.17) is 0 Å². The maximum atomic E-state index is 14.2. The molecular formula is C24H22FN3O2S. The largest absolute Gasteiger partial charge is 0.348 e. The van der Waals surface area contributed by atoms with Crippen LogP contribution in [0.5, 0.6) is 0 Å². The molecule has 0 bridgehead atoms. The third-order valence-electron chi connectivity index (χ3n) is 5.02. The number of benzene rings is 2. The van der Waals surface area contributed by atoms with Gasteiger partial charge in [0.15, 0.2) is 0 Å². The summed E-state index contributed by atoms with van der Waals surface area (Å²) in [5.74, 6) is -1.27. The molecule has 2 aromatic rings. The van der Waals surface area contributed by atoms with Crippen molar-refractivity contribution in [3.63, 3.8) is 0 Å². The molecule has 1 saturated heterocycles. The maximum Gasteiger partial charge on any atom is 0.264 e. The van der Waals surface area contributed by atoms with Crippen LogP contribution in [-0.2, 0) is 16.0 Å². The van der Waals surface area contributed by atoms with Gasteiger partial charge in [0, 0.05) is 12.2 Å². The Hall–Kier alpha value is -3.37. The molecule has 31 heavy (non-hydrogen) atoms. The number of nitrogens with zero attached hydrogens (tertiary/aromatic N) is 2. The van der Waals surface area contributed by atoms with Crippen molar-refractivity contribution in [1.29, 1.82) is 5.26 Å². The minimum atomic E-state index is -0.663. The fraction of sp³-hybridized carbons (Fsp3) is 0.208. The molecule has 3 rings (SSSR count). The third-order valence-corrected chi connectivity index (χ3v) is 6.29. The number of aryl methyl sites for hydroxylation is 2. The van der Waals surface area contributed by atoms with Gasteiger partial charge in [-0.1, -0.05) is 42.1 Å². The molecule has 0 saturated carbocycles. The first kappa shape index (κ1) is 22.3. The van der Waals surface area contributed by atoms with Crippen LogP contribution in [0.1, 0.15) is 16.7 Å². The zero-order valence-electron chi connectivity index (χ0n) is 17.3. The number of nitrogens with one attached hydrogen (secondary N) is 1. The molecule has 1 aliphatic rings. The van der Waals surface area contributed by atoms with Crippen molar-refractivity contribution in [3.8, 4) is 6.07 Å². The molecule has 2 amide bonds. The summed E-state index contributed by atoms with van der Waals surface area (Å²) in [5, 5.41) is 11.9. The Bertz CT molecular complexity index is 1120. The summed E-state index contributed by atoms with van der Waals surface area (Å²) in [7, 11) is 0. The van der Waals surface area contributed by atoms with E-state index in [2.05, 4.69) is 11.9 Å². The van der Waals surface area contributed by atoms with Gasteiger partial charge in [-0.2, -0.15) is 5.26 Å². The molecule has 0 aliphatic carbocycles. The van der Waals surface area contributed by atoms with E-state index in [9.17, 15) is 19.2 Å². The average Bonchev–Trinajstić information content (AvgIpc) is 3.06. The van der Waals surface area contributed by atoms with Gasteiger partial charge in [0.05, 0.1) is 5.25 Å². The van der Waals surface area contributed by atoms with Gasteiger partial charge >= 0.3 is 0 Å². The van der Waals surface area contributed by atoms with Crippen LogP contribution in [0.25, 0.3) is 0 Å². The number of thioether (sulfide) groups is 1. The van der Waals surface area contributed by atoms with Crippen LogP contribution < -0.4 is 10.2 Å². The van der Waals surface area contributed by atoms with Crippen LogP contribution in [0.3, 0.4) is 0 Å². The van der Waals surface area contributed by atoms with Gasteiger partial charge in [0.1, 0.15) is 22.5 Å². The second-order valence-corrected chi connectivity index (χ2v) is 8.33. The zero-order chi connectivity index (χ0) is 22.5. The number of carbonyl (C=O) groups is 2. The number of nitriles is 1. The Morgan fingerprint density at radius 3 is 2.68 bits per heavy atom. The highest BCUT2D eigenvalue weighted by Crippen LogP contribution is 2.42. The predicted molar refractivity (Wildman–Crippen MR) is 121 cm³/mol. The van der Waals surface area contributed by atoms with Crippen molar-refractivity contribution in [3.05, 3.63) is 88.2 Å². The summed E-state index contributed by atoms with van der Waals surface area (Å²) in [5.41, 5.74) is 2.84. The van der Waals surface area contributed by atoms with Crippen LogP contribution in [0.4, 0.5) is 10.1 Å². The van der Waals surface area contributed by atoms with Crippen molar-refractivity contribution in [2.45, 2.75) is 25.5 Å². The number of hydrogen-bond acceptors (Lipinski definition) is 4. The maximum absolute atomic E-state index is 14.2. The lowest BCUT2D eigenvalue weighted by Gasteiger charge is -2.19. The van der Waals surface area contributed by atoms with E-state index >= 15 is 0 Å². The van der Waals surface area contributed by atoms with Crippen molar-refractivity contribution in [2.75, 3.05) is 11.4 Å². The van der Waals surface area contributed by atoms with Crippen LogP contribution in [0.15, 0.2) is 65.7 Å². The number of anilines is 1. The highest BCUT2D eigenvalue weighted by molar-refractivity contribution is 8.05. The molecule has 1 atom stereocenters. The smallest absolute Gasteiger partial charge is 0.264 e. The summed E-state index contributed by atoms with van der Waals surface area (Å²) >= 11 is 1.11. The van der Waals surface area contributed by atoms with Gasteiger partial charge in [-0.3, -0.25) is 14.5 Å².